The van der Waals surface area contributed by atoms with E-state index < -0.39 is 11.9 Å². The molecule has 148 valence electrons. The topological polar surface area (TPSA) is 71.3 Å². The van der Waals surface area contributed by atoms with Crippen LogP contribution in [0.25, 0.3) is 0 Å². The van der Waals surface area contributed by atoms with Crippen LogP contribution in [0.4, 0.5) is 0 Å². The SMILES string of the molecule is O=C(N[C@H](C(=O)NCC1(c2ccccc2)CCC1)c1ccccc1)c1ccco1. The van der Waals surface area contributed by atoms with E-state index in [9.17, 15) is 9.59 Å². The van der Waals surface area contributed by atoms with Gasteiger partial charge in [-0.3, -0.25) is 9.59 Å². The quantitative estimate of drug-likeness (QED) is 0.643. The van der Waals surface area contributed by atoms with Crippen molar-refractivity contribution in [3.8, 4) is 0 Å². The molecule has 4 rings (SSSR count). The first kappa shape index (κ1) is 19.0. The fourth-order valence-electron chi connectivity index (χ4n) is 3.88. The number of amides is 2. The molecule has 0 saturated heterocycles. The highest BCUT2D eigenvalue weighted by atomic mass is 16.3. The number of hydrogen-bond acceptors (Lipinski definition) is 3. The number of hydrogen-bond donors (Lipinski definition) is 2. The van der Waals surface area contributed by atoms with E-state index in [1.807, 2.05) is 48.5 Å². The summed E-state index contributed by atoms with van der Waals surface area (Å²) in [5.74, 6) is -0.461. The summed E-state index contributed by atoms with van der Waals surface area (Å²) >= 11 is 0. The Morgan fingerprint density at radius 3 is 2.21 bits per heavy atom. The van der Waals surface area contributed by atoms with Gasteiger partial charge in [-0.2, -0.15) is 0 Å². The summed E-state index contributed by atoms with van der Waals surface area (Å²) in [5.41, 5.74) is 1.96. The minimum absolute atomic E-state index is 0.0246. The van der Waals surface area contributed by atoms with Gasteiger partial charge in [0.1, 0.15) is 6.04 Å². The van der Waals surface area contributed by atoms with Crippen molar-refractivity contribution in [2.24, 2.45) is 0 Å². The van der Waals surface area contributed by atoms with Crippen LogP contribution in [0.2, 0.25) is 0 Å². The van der Waals surface area contributed by atoms with E-state index >= 15 is 0 Å². The lowest BCUT2D eigenvalue weighted by atomic mass is 9.64. The Bertz CT molecular complexity index is 948. The third-order valence-electron chi connectivity index (χ3n) is 5.71. The predicted molar refractivity (Wildman–Crippen MR) is 110 cm³/mol. The Hall–Kier alpha value is -3.34. The molecule has 1 heterocycles. The Balaban J connectivity index is 1.50. The van der Waals surface area contributed by atoms with Crippen molar-refractivity contribution >= 4 is 11.8 Å². The second-order valence-electron chi connectivity index (χ2n) is 7.51. The number of nitrogens with one attached hydrogen (secondary N) is 2. The molecule has 1 aromatic heterocycles. The molecule has 1 saturated carbocycles. The average Bonchev–Trinajstić information content (AvgIpc) is 3.27. The molecule has 1 aliphatic carbocycles. The van der Waals surface area contributed by atoms with Crippen LogP contribution < -0.4 is 10.6 Å². The Kier molecular flexibility index (Phi) is 5.47. The van der Waals surface area contributed by atoms with Crippen LogP contribution in [-0.2, 0) is 10.2 Å². The zero-order valence-electron chi connectivity index (χ0n) is 16.1. The second kappa shape index (κ2) is 8.35. The van der Waals surface area contributed by atoms with Crippen molar-refractivity contribution in [3.63, 3.8) is 0 Å². The van der Waals surface area contributed by atoms with Crippen LogP contribution >= 0.6 is 0 Å². The minimum atomic E-state index is -0.790. The standard InChI is InChI=1S/C24H24N2O3/c27-22(20-13-7-16-29-20)26-21(18-9-3-1-4-10-18)23(28)25-17-24(14-8-15-24)19-11-5-2-6-12-19/h1-7,9-13,16,21H,8,14-15,17H2,(H,25,28)(H,26,27)/t21-/m0/s1. The van der Waals surface area contributed by atoms with E-state index in [1.54, 1.807) is 12.1 Å². The summed E-state index contributed by atoms with van der Waals surface area (Å²) in [6.45, 7) is 0.551. The van der Waals surface area contributed by atoms with Crippen LogP contribution in [0.1, 0.15) is 47.0 Å². The largest absolute Gasteiger partial charge is 0.459 e. The van der Waals surface area contributed by atoms with Crippen molar-refractivity contribution in [2.45, 2.75) is 30.7 Å². The molecule has 3 aromatic rings. The lowest BCUT2D eigenvalue weighted by Gasteiger charge is -2.43. The summed E-state index contributed by atoms with van der Waals surface area (Å²) in [6.07, 6.45) is 4.69. The van der Waals surface area contributed by atoms with Crippen LogP contribution in [0.15, 0.2) is 83.5 Å². The van der Waals surface area contributed by atoms with Gasteiger partial charge in [-0.05, 0) is 36.1 Å². The lowest BCUT2D eigenvalue weighted by Crippen LogP contribution is -2.48. The molecule has 1 fully saturated rings. The van der Waals surface area contributed by atoms with Gasteiger partial charge < -0.3 is 15.1 Å². The van der Waals surface area contributed by atoms with Crippen molar-refractivity contribution in [2.75, 3.05) is 6.54 Å². The summed E-state index contributed by atoms with van der Waals surface area (Å²) in [4.78, 5) is 25.6. The Morgan fingerprint density at radius 1 is 0.931 bits per heavy atom. The Morgan fingerprint density at radius 2 is 1.62 bits per heavy atom. The van der Waals surface area contributed by atoms with E-state index in [0.717, 1.165) is 24.8 Å². The van der Waals surface area contributed by atoms with Gasteiger partial charge in [0.05, 0.1) is 6.26 Å². The highest BCUT2D eigenvalue weighted by molar-refractivity contribution is 5.95. The first-order valence-electron chi connectivity index (χ1n) is 9.91. The highest BCUT2D eigenvalue weighted by Gasteiger charge is 2.39. The average molecular weight is 388 g/mol. The third kappa shape index (κ3) is 4.09. The lowest BCUT2D eigenvalue weighted by molar-refractivity contribution is -0.123. The van der Waals surface area contributed by atoms with Crippen molar-refractivity contribution in [3.05, 3.63) is 95.9 Å². The number of carbonyl (C=O) groups is 2. The maximum atomic E-state index is 13.1. The number of rotatable bonds is 7. The van der Waals surface area contributed by atoms with Crippen LogP contribution in [0, 0.1) is 0 Å². The molecule has 1 atom stereocenters. The fraction of sp³-hybridized carbons (Fsp3) is 0.250. The maximum Gasteiger partial charge on any atom is 0.287 e. The number of benzene rings is 2. The van der Waals surface area contributed by atoms with Crippen molar-refractivity contribution < 1.29 is 14.0 Å². The van der Waals surface area contributed by atoms with Gasteiger partial charge in [-0.15, -0.1) is 0 Å². The summed E-state index contributed by atoms with van der Waals surface area (Å²) in [7, 11) is 0. The molecule has 2 N–H and O–H groups in total. The first-order chi connectivity index (χ1) is 14.2. The van der Waals surface area contributed by atoms with E-state index in [2.05, 4.69) is 22.8 Å². The Labute approximate surface area is 170 Å². The van der Waals surface area contributed by atoms with Crippen LogP contribution in [0.3, 0.4) is 0 Å². The molecule has 29 heavy (non-hydrogen) atoms. The fourth-order valence-corrected chi connectivity index (χ4v) is 3.88. The van der Waals surface area contributed by atoms with Gasteiger partial charge >= 0.3 is 0 Å². The van der Waals surface area contributed by atoms with E-state index in [4.69, 9.17) is 4.42 Å². The maximum absolute atomic E-state index is 13.1. The van der Waals surface area contributed by atoms with E-state index in [-0.39, 0.29) is 17.1 Å². The zero-order valence-corrected chi connectivity index (χ0v) is 16.1. The smallest absolute Gasteiger partial charge is 0.287 e. The molecule has 5 nitrogen and oxygen atoms in total. The minimum Gasteiger partial charge on any atom is -0.459 e. The number of carbonyl (C=O) groups excluding carboxylic acids is 2. The molecule has 2 aromatic carbocycles. The molecular weight excluding hydrogens is 364 g/mol. The summed E-state index contributed by atoms with van der Waals surface area (Å²) in [6, 6.07) is 22.0. The number of furan rings is 1. The van der Waals surface area contributed by atoms with Gasteiger partial charge in [0, 0.05) is 12.0 Å². The van der Waals surface area contributed by atoms with Crippen molar-refractivity contribution in [1.29, 1.82) is 0 Å². The molecule has 5 heteroatoms. The molecule has 0 unspecified atom stereocenters. The molecule has 0 radical (unpaired) electrons. The van der Waals surface area contributed by atoms with E-state index in [0.29, 0.717) is 6.54 Å². The van der Waals surface area contributed by atoms with E-state index in [1.165, 1.54) is 11.8 Å². The third-order valence-corrected chi connectivity index (χ3v) is 5.71. The molecule has 0 bridgehead atoms. The molecule has 0 spiro atoms. The monoisotopic (exact) mass is 388 g/mol. The van der Waals surface area contributed by atoms with Crippen LogP contribution in [-0.4, -0.2) is 18.4 Å². The van der Waals surface area contributed by atoms with Gasteiger partial charge in [0.15, 0.2) is 5.76 Å². The highest BCUT2D eigenvalue weighted by Crippen LogP contribution is 2.43. The van der Waals surface area contributed by atoms with Crippen molar-refractivity contribution in [1.82, 2.24) is 10.6 Å². The molecule has 0 aliphatic heterocycles. The predicted octanol–water partition coefficient (Wildman–Crippen LogP) is 3.99. The van der Waals surface area contributed by atoms with Crippen LogP contribution in [0.5, 0.6) is 0 Å². The summed E-state index contributed by atoms with van der Waals surface area (Å²) < 4.78 is 5.17. The molecule has 2 amide bonds. The zero-order chi connectivity index (χ0) is 20.1. The van der Waals surface area contributed by atoms with Gasteiger partial charge in [-0.25, -0.2) is 0 Å². The molecule has 1 aliphatic rings. The molecular formula is C24H24N2O3. The van der Waals surface area contributed by atoms with Gasteiger partial charge in [0.25, 0.3) is 5.91 Å². The first-order valence-corrected chi connectivity index (χ1v) is 9.91. The summed E-state index contributed by atoms with van der Waals surface area (Å²) in [5, 5.41) is 5.89. The second-order valence-corrected chi connectivity index (χ2v) is 7.51. The van der Waals surface area contributed by atoms with Gasteiger partial charge in [-0.1, -0.05) is 67.1 Å². The normalized spacial score (nSPS) is 15.7. The van der Waals surface area contributed by atoms with Gasteiger partial charge in [0.2, 0.25) is 5.91 Å².